The first-order chi connectivity index (χ1) is 15.5. The Morgan fingerprint density at radius 2 is 1.78 bits per heavy atom. The van der Waals surface area contributed by atoms with Crippen molar-refractivity contribution in [2.45, 2.75) is 56.1 Å². The van der Waals surface area contributed by atoms with Crippen molar-refractivity contribution in [2.24, 2.45) is 17.8 Å². The van der Waals surface area contributed by atoms with Crippen LogP contribution in [0, 0.1) is 24.7 Å². The highest BCUT2D eigenvalue weighted by atomic mass is 32.2. The Morgan fingerprint density at radius 3 is 2.50 bits per heavy atom. The Labute approximate surface area is 189 Å². The van der Waals surface area contributed by atoms with Crippen LogP contribution in [0.1, 0.15) is 44.3 Å². The van der Waals surface area contributed by atoms with Gasteiger partial charge in [0.2, 0.25) is 5.91 Å². The molecule has 8 nitrogen and oxygen atoms in total. The van der Waals surface area contributed by atoms with Gasteiger partial charge in [-0.2, -0.15) is 4.52 Å². The standard InChI is InChI=1S/C23H26N6O2S/c1-13-24-20-17-4-2-3-5-18(17)25-22(29(20)28-13)32-12-19(30)26-21(31)27-23-9-14-6-15(10-23)8-16(7-14)11-23/h2-5,14-16H,6-12H2,1H3,(H2,26,27,30,31). The summed E-state index contributed by atoms with van der Waals surface area (Å²) in [6.07, 6.45) is 7.10. The number of nitrogens with zero attached hydrogens (tertiary/aromatic N) is 4. The Balaban J connectivity index is 1.13. The van der Waals surface area contributed by atoms with Crippen molar-refractivity contribution in [3.63, 3.8) is 0 Å². The number of urea groups is 1. The van der Waals surface area contributed by atoms with Crippen LogP contribution in [0.5, 0.6) is 0 Å². The fourth-order valence-corrected chi connectivity index (χ4v) is 7.30. The molecule has 2 heterocycles. The summed E-state index contributed by atoms with van der Waals surface area (Å²) in [5.74, 6) is 2.59. The molecule has 1 aromatic carbocycles. The minimum Gasteiger partial charge on any atom is -0.332 e. The zero-order chi connectivity index (χ0) is 21.9. The molecule has 0 spiro atoms. The van der Waals surface area contributed by atoms with Crippen LogP contribution in [0.25, 0.3) is 16.6 Å². The second-order valence-corrected chi connectivity index (χ2v) is 10.7. The van der Waals surface area contributed by atoms with Gasteiger partial charge in [0, 0.05) is 10.9 Å². The van der Waals surface area contributed by atoms with E-state index >= 15 is 0 Å². The molecule has 0 saturated heterocycles. The minimum atomic E-state index is -0.370. The number of imide groups is 1. The topological polar surface area (TPSA) is 101 Å². The van der Waals surface area contributed by atoms with Gasteiger partial charge in [-0.1, -0.05) is 23.9 Å². The van der Waals surface area contributed by atoms with Crippen LogP contribution in [-0.2, 0) is 4.79 Å². The van der Waals surface area contributed by atoms with Crippen LogP contribution in [-0.4, -0.2) is 42.8 Å². The van der Waals surface area contributed by atoms with Gasteiger partial charge < -0.3 is 5.32 Å². The number of thioether (sulfide) groups is 1. The number of benzene rings is 1. The molecule has 7 rings (SSSR count). The van der Waals surface area contributed by atoms with Gasteiger partial charge in [-0.15, -0.1) is 5.10 Å². The number of carbonyl (C=O) groups is 2. The summed E-state index contributed by atoms with van der Waals surface area (Å²) in [5, 5.41) is 11.6. The predicted molar refractivity (Wildman–Crippen MR) is 121 cm³/mol. The third-order valence-corrected chi connectivity index (χ3v) is 8.19. The summed E-state index contributed by atoms with van der Waals surface area (Å²) >= 11 is 1.26. The van der Waals surface area contributed by atoms with Gasteiger partial charge in [0.25, 0.3) is 0 Å². The summed E-state index contributed by atoms with van der Waals surface area (Å²) in [6.45, 7) is 1.83. The zero-order valence-corrected chi connectivity index (χ0v) is 18.8. The second-order valence-electron chi connectivity index (χ2n) is 9.79. The Morgan fingerprint density at radius 1 is 1.09 bits per heavy atom. The number of aryl methyl sites for hydroxylation is 1. The summed E-state index contributed by atoms with van der Waals surface area (Å²) in [4.78, 5) is 34.4. The Bertz CT molecular complexity index is 1200. The third-order valence-electron chi connectivity index (χ3n) is 7.26. The third kappa shape index (κ3) is 3.52. The number of amides is 3. The molecular formula is C23H26N6O2S. The lowest BCUT2D eigenvalue weighted by Crippen LogP contribution is -2.61. The zero-order valence-electron chi connectivity index (χ0n) is 18.0. The molecule has 0 radical (unpaired) electrons. The van der Waals surface area contributed by atoms with E-state index in [9.17, 15) is 9.59 Å². The maximum atomic E-state index is 12.6. The quantitative estimate of drug-likeness (QED) is 0.466. The smallest absolute Gasteiger partial charge is 0.321 e. The van der Waals surface area contributed by atoms with Gasteiger partial charge in [0.15, 0.2) is 10.8 Å². The maximum Gasteiger partial charge on any atom is 0.321 e. The summed E-state index contributed by atoms with van der Waals surface area (Å²) in [7, 11) is 0. The van der Waals surface area contributed by atoms with E-state index in [4.69, 9.17) is 0 Å². The Hall–Kier alpha value is -2.68. The average molecular weight is 451 g/mol. The van der Waals surface area contributed by atoms with E-state index in [2.05, 4.69) is 25.7 Å². The molecule has 4 aliphatic rings. The second kappa shape index (κ2) is 7.43. The largest absolute Gasteiger partial charge is 0.332 e. The number of aromatic nitrogens is 4. The van der Waals surface area contributed by atoms with Crippen LogP contribution >= 0.6 is 11.8 Å². The molecule has 0 aliphatic heterocycles. The van der Waals surface area contributed by atoms with Crippen LogP contribution in [0.2, 0.25) is 0 Å². The van der Waals surface area contributed by atoms with Gasteiger partial charge in [0.1, 0.15) is 5.82 Å². The molecule has 4 saturated carbocycles. The van der Waals surface area contributed by atoms with E-state index in [1.807, 2.05) is 31.2 Å². The number of hydrogen-bond donors (Lipinski definition) is 2. The fourth-order valence-electron chi connectivity index (χ4n) is 6.56. The van der Waals surface area contributed by atoms with Gasteiger partial charge in [-0.25, -0.2) is 14.8 Å². The van der Waals surface area contributed by atoms with Gasteiger partial charge in [0.05, 0.1) is 11.3 Å². The van der Waals surface area contributed by atoms with Gasteiger partial charge in [-0.3, -0.25) is 10.1 Å². The lowest BCUT2D eigenvalue weighted by Gasteiger charge is -2.56. The molecule has 166 valence electrons. The van der Waals surface area contributed by atoms with E-state index < -0.39 is 0 Å². The molecule has 4 bridgehead atoms. The number of nitrogens with one attached hydrogen (secondary N) is 2. The molecule has 3 amide bonds. The van der Waals surface area contributed by atoms with Crippen molar-refractivity contribution in [2.75, 3.05) is 5.75 Å². The molecular weight excluding hydrogens is 424 g/mol. The van der Waals surface area contributed by atoms with E-state index in [-0.39, 0.29) is 23.2 Å². The molecule has 0 unspecified atom stereocenters. The molecule has 2 N–H and O–H groups in total. The van der Waals surface area contributed by atoms with Crippen molar-refractivity contribution in [1.82, 2.24) is 30.2 Å². The summed E-state index contributed by atoms with van der Waals surface area (Å²) in [5.41, 5.74) is 1.40. The first kappa shape index (κ1) is 20.0. The van der Waals surface area contributed by atoms with E-state index in [0.29, 0.717) is 11.0 Å². The monoisotopic (exact) mass is 450 g/mol. The molecule has 3 aromatic rings. The predicted octanol–water partition coefficient (Wildman–Crippen LogP) is 3.47. The van der Waals surface area contributed by atoms with Crippen LogP contribution in [0.15, 0.2) is 29.4 Å². The molecule has 4 fully saturated rings. The highest BCUT2D eigenvalue weighted by molar-refractivity contribution is 7.99. The van der Waals surface area contributed by atoms with Crippen LogP contribution in [0.4, 0.5) is 4.79 Å². The number of hydrogen-bond acceptors (Lipinski definition) is 6. The van der Waals surface area contributed by atoms with Crippen LogP contribution < -0.4 is 10.6 Å². The molecule has 32 heavy (non-hydrogen) atoms. The molecule has 2 aromatic heterocycles. The van der Waals surface area contributed by atoms with Crippen molar-refractivity contribution in [3.05, 3.63) is 30.1 Å². The highest BCUT2D eigenvalue weighted by Gasteiger charge is 2.51. The van der Waals surface area contributed by atoms with E-state index in [1.54, 1.807) is 4.52 Å². The normalized spacial score (nSPS) is 28.3. The van der Waals surface area contributed by atoms with E-state index in [1.165, 1.54) is 31.0 Å². The number of carbonyl (C=O) groups excluding carboxylic acids is 2. The minimum absolute atomic E-state index is 0.0770. The highest BCUT2D eigenvalue weighted by Crippen LogP contribution is 2.55. The number of para-hydroxylation sites is 1. The maximum absolute atomic E-state index is 12.6. The molecule has 9 heteroatoms. The van der Waals surface area contributed by atoms with Gasteiger partial charge in [-0.05, 0) is 75.3 Å². The summed E-state index contributed by atoms with van der Waals surface area (Å²) in [6, 6.07) is 7.37. The molecule has 4 aliphatic carbocycles. The lowest BCUT2D eigenvalue weighted by molar-refractivity contribution is -0.117. The van der Waals surface area contributed by atoms with Crippen molar-refractivity contribution in [1.29, 1.82) is 0 Å². The first-order valence-electron chi connectivity index (χ1n) is 11.3. The van der Waals surface area contributed by atoms with Crippen molar-refractivity contribution in [3.8, 4) is 0 Å². The SMILES string of the molecule is Cc1nc2c3ccccc3nc(SCC(=O)NC(=O)NC34CC5CC(CC(C5)C3)C4)n2n1. The van der Waals surface area contributed by atoms with Crippen molar-refractivity contribution < 1.29 is 9.59 Å². The van der Waals surface area contributed by atoms with E-state index in [0.717, 1.165) is 53.6 Å². The lowest BCUT2D eigenvalue weighted by atomic mass is 9.53. The fraction of sp³-hybridized carbons (Fsp3) is 0.522. The Kier molecular flexibility index (Phi) is 4.64. The van der Waals surface area contributed by atoms with Crippen molar-refractivity contribution >= 4 is 40.3 Å². The first-order valence-corrected chi connectivity index (χ1v) is 12.3. The number of fused-ring (bicyclic) bond motifs is 3. The van der Waals surface area contributed by atoms with Gasteiger partial charge >= 0.3 is 6.03 Å². The van der Waals surface area contributed by atoms with Crippen LogP contribution in [0.3, 0.4) is 0 Å². The number of rotatable bonds is 4. The summed E-state index contributed by atoms with van der Waals surface area (Å²) < 4.78 is 1.67. The average Bonchev–Trinajstić information content (AvgIpc) is 3.12. The molecule has 0 atom stereocenters.